The molecule has 148 valence electrons. The zero-order chi connectivity index (χ0) is 20.3. The van der Waals surface area contributed by atoms with Gasteiger partial charge in [-0.15, -0.1) is 11.8 Å². The number of carbonyl (C=O) groups excluding carboxylic acids is 2. The molecule has 1 aliphatic rings. The summed E-state index contributed by atoms with van der Waals surface area (Å²) in [5.41, 5.74) is 1.31. The molecular formula is C19H19FN2O4S2. The summed E-state index contributed by atoms with van der Waals surface area (Å²) in [6.45, 7) is 1.95. The van der Waals surface area contributed by atoms with Gasteiger partial charge in [0.25, 0.3) is 0 Å². The molecule has 2 aromatic carbocycles. The minimum Gasteiger partial charge on any atom is -0.352 e. The Balaban J connectivity index is 1.59. The van der Waals surface area contributed by atoms with Crippen molar-refractivity contribution in [3.05, 3.63) is 53.8 Å². The van der Waals surface area contributed by atoms with Crippen LogP contribution in [0.15, 0.2) is 52.3 Å². The number of carbonyl (C=O) groups is 2. The Hall–Kier alpha value is -2.39. The number of amides is 2. The molecular weight excluding hydrogens is 403 g/mol. The van der Waals surface area contributed by atoms with Crippen LogP contribution in [0.25, 0.3) is 0 Å². The van der Waals surface area contributed by atoms with Crippen molar-refractivity contribution in [1.29, 1.82) is 0 Å². The lowest BCUT2D eigenvalue weighted by Crippen LogP contribution is -2.27. The second-order valence-corrected chi connectivity index (χ2v) is 9.87. The van der Waals surface area contributed by atoms with Gasteiger partial charge in [0.05, 0.1) is 21.6 Å². The van der Waals surface area contributed by atoms with Crippen LogP contribution in [0.1, 0.15) is 18.9 Å². The van der Waals surface area contributed by atoms with E-state index in [0.717, 1.165) is 5.56 Å². The molecule has 0 saturated heterocycles. The van der Waals surface area contributed by atoms with E-state index in [4.69, 9.17) is 0 Å². The van der Waals surface area contributed by atoms with Gasteiger partial charge in [0, 0.05) is 17.9 Å². The number of anilines is 1. The predicted molar refractivity (Wildman–Crippen MR) is 105 cm³/mol. The zero-order valence-corrected chi connectivity index (χ0v) is 16.7. The number of benzene rings is 2. The zero-order valence-electron chi connectivity index (χ0n) is 15.1. The van der Waals surface area contributed by atoms with E-state index in [2.05, 4.69) is 10.6 Å². The lowest BCUT2D eigenvalue weighted by Gasteiger charge is -2.21. The van der Waals surface area contributed by atoms with Crippen LogP contribution in [0.2, 0.25) is 0 Å². The molecule has 0 aliphatic carbocycles. The maximum atomic E-state index is 12.9. The normalized spacial score (nSPS) is 16.2. The number of rotatable bonds is 6. The monoisotopic (exact) mass is 422 g/mol. The van der Waals surface area contributed by atoms with E-state index in [-0.39, 0.29) is 40.6 Å². The van der Waals surface area contributed by atoms with Crippen LogP contribution in [0.4, 0.5) is 10.1 Å². The Bertz CT molecular complexity index is 1010. The third-order valence-electron chi connectivity index (χ3n) is 4.24. The highest BCUT2D eigenvalue weighted by atomic mass is 32.2. The van der Waals surface area contributed by atoms with Crippen molar-refractivity contribution in [3.8, 4) is 0 Å². The summed E-state index contributed by atoms with van der Waals surface area (Å²) in [6.07, 6.45) is -0.180. The summed E-state index contributed by atoms with van der Waals surface area (Å²) in [6, 6.07) is 10.2. The Morgan fingerprint density at radius 2 is 1.93 bits per heavy atom. The van der Waals surface area contributed by atoms with Crippen molar-refractivity contribution in [2.45, 2.75) is 34.9 Å². The minimum atomic E-state index is -3.64. The van der Waals surface area contributed by atoms with Crippen molar-refractivity contribution in [2.75, 3.05) is 11.1 Å². The van der Waals surface area contributed by atoms with Gasteiger partial charge < -0.3 is 10.6 Å². The van der Waals surface area contributed by atoms with Gasteiger partial charge in [-0.25, -0.2) is 12.8 Å². The second-order valence-electron chi connectivity index (χ2n) is 6.38. The highest BCUT2D eigenvalue weighted by Crippen LogP contribution is 2.37. The summed E-state index contributed by atoms with van der Waals surface area (Å²) in [5.74, 6) is -1.21. The summed E-state index contributed by atoms with van der Waals surface area (Å²) < 4.78 is 38.0. The van der Waals surface area contributed by atoms with Crippen molar-refractivity contribution in [2.24, 2.45) is 0 Å². The molecule has 1 aliphatic heterocycles. The topological polar surface area (TPSA) is 92.3 Å². The molecule has 1 atom stereocenters. The molecule has 1 unspecified atom stereocenters. The molecule has 3 rings (SSSR count). The van der Waals surface area contributed by atoms with Gasteiger partial charge in [0.15, 0.2) is 9.84 Å². The first-order chi connectivity index (χ1) is 13.2. The molecule has 2 N–H and O–H groups in total. The van der Waals surface area contributed by atoms with E-state index in [1.54, 1.807) is 25.1 Å². The van der Waals surface area contributed by atoms with E-state index in [1.165, 1.54) is 36.0 Å². The van der Waals surface area contributed by atoms with Gasteiger partial charge in [0.2, 0.25) is 11.8 Å². The summed E-state index contributed by atoms with van der Waals surface area (Å²) in [5, 5.41) is 5.05. The molecule has 6 nitrogen and oxygen atoms in total. The van der Waals surface area contributed by atoms with Crippen LogP contribution >= 0.6 is 11.8 Å². The van der Waals surface area contributed by atoms with Gasteiger partial charge in [-0.2, -0.15) is 0 Å². The number of thioether (sulfide) groups is 1. The Morgan fingerprint density at radius 1 is 1.21 bits per heavy atom. The molecule has 0 aromatic heterocycles. The van der Waals surface area contributed by atoms with Crippen LogP contribution in [0.5, 0.6) is 0 Å². The van der Waals surface area contributed by atoms with Crippen LogP contribution in [0, 0.1) is 5.82 Å². The van der Waals surface area contributed by atoms with E-state index >= 15 is 0 Å². The molecule has 2 amide bonds. The Morgan fingerprint density at radius 3 is 2.64 bits per heavy atom. The molecule has 0 saturated carbocycles. The first-order valence-electron chi connectivity index (χ1n) is 8.60. The van der Waals surface area contributed by atoms with Crippen LogP contribution in [-0.2, 0) is 26.0 Å². The average molecular weight is 423 g/mol. The van der Waals surface area contributed by atoms with Gasteiger partial charge >= 0.3 is 0 Å². The number of sulfone groups is 1. The summed E-state index contributed by atoms with van der Waals surface area (Å²) in [7, 11) is -3.64. The number of nitrogens with one attached hydrogen (secondary N) is 2. The summed E-state index contributed by atoms with van der Waals surface area (Å²) >= 11 is 1.30. The highest BCUT2D eigenvalue weighted by molar-refractivity contribution is 8.01. The van der Waals surface area contributed by atoms with Crippen LogP contribution in [0.3, 0.4) is 0 Å². The standard InChI is InChI=1S/C19H19FN2O4S2/c1-12-19(24)22-16-7-6-15(10-17(16)27-12)28(25,26)9-8-18(23)21-11-13-2-4-14(20)5-3-13/h2-7,10,12H,8-9,11H2,1H3,(H,21,23)(H,22,24). The molecule has 2 aromatic rings. The van der Waals surface area contributed by atoms with E-state index in [9.17, 15) is 22.4 Å². The van der Waals surface area contributed by atoms with E-state index in [1.807, 2.05) is 0 Å². The van der Waals surface area contributed by atoms with Crippen LogP contribution in [-0.4, -0.2) is 31.2 Å². The Labute approximate surface area is 166 Å². The number of hydrogen-bond donors (Lipinski definition) is 2. The Kier molecular flexibility index (Phi) is 6.04. The first kappa shape index (κ1) is 20.3. The number of halogens is 1. The van der Waals surface area contributed by atoms with Crippen molar-refractivity contribution < 1.29 is 22.4 Å². The van der Waals surface area contributed by atoms with Gasteiger partial charge in [-0.3, -0.25) is 9.59 Å². The number of hydrogen-bond acceptors (Lipinski definition) is 5. The largest absolute Gasteiger partial charge is 0.352 e. The lowest BCUT2D eigenvalue weighted by atomic mass is 10.2. The molecule has 9 heteroatoms. The number of fused-ring (bicyclic) bond motifs is 1. The molecule has 28 heavy (non-hydrogen) atoms. The SMILES string of the molecule is CC1Sc2cc(S(=O)(=O)CCC(=O)NCc3ccc(F)cc3)ccc2NC1=O. The fourth-order valence-corrected chi connectivity index (χ4v) is 4.94. The quantitative estimate of drug-likeness (QED) is 0.747. The third kappa shape index (κ3) is 4.90. The molecule has 0 bridgehead atoms. The summed E-state index contributed by atoms with van der Waals surface area (Å²) in [4.78, 5) is 24.5. The molecule has 0 fully saturated rings. The maximum absolute atomic E-state index is 12.9. The average Bonchev–Trinajstić information content (AvgIpc) is 2.66. The van der Waals surface area contributed by atoms with Crippen molar-refractivity contribution >= 4 is 39.1 Å². The minimum absolute atomic E-state index is 0.119. The van der Waals surface area contributed by atoms with Crippen molar-refractivity contribution in [1.82, 2.24) is 5.32 Å². The first-order valence-corrected chi connectivity index (χ1v) is 11.1. The van der Waals surface area contributed by atoms with Gasteiger partial charge in [0.1, 0.15) is 5.82 Å². The molecule has 0 radical (unpaired) electrons. The van der Waals surface area contributed by atoms with Gasteiger partial charge in [-0.05, 0) is 42.8 Å². The predicted octanol–water partition coefficient (Wildman–Crippen LogP) is 2.74. The van der Waals surface area contributed by atoms with Crippen LogP contribution < -0.4 is 10.6 Å². The lowest BCUT2D eigenvalue weighted by molar-refractivity contribution is -0.121. The highest BCUT2D eigenvalue weighted by Gasteiger charge is 2.25. The molecule has 0 spiro atoms. The van der Waals surface area contributed by atoms with Crippen molar-refractivity contribution in [3.63, 3.8) is 0 Å². The van der Waals surface area contributed by atoms with Gasteiger partial charge in [-0.1, -0.05) is 12.1 Å². The smallest absolute Gasteiger partial charge is 0.237 e. The van der Waals surface area contributed by atoms with E-state index < -0.39 is 15.7 Å². The van der Waals surface area contributed by atoms with E-state index in [0.29, 0.717) is 10.6 Å². The second kappa shape index (κ2) is 8.32. The maximum Gasteiger partial charge on any atom is 0.237 e. The fraction of sp³-hybridized carbons (Fsp3) is 0.263. The fourth-order valence-electron chi connectivity index (χ4n) is 2.61. The molecule has 1 heterocycles. The third-order valence-corrected chi connectivity index (χ3v) is 7.12.